The maximum absolute atomic E-state index is 13.8. The van der Waals surface area contributed by atoms with E-state index in [1.807, 2.05) is 0 Å². The number of aliphatic hydroxyl groups excluding tert-OH is 2. The van der Waals surface area contributed by atoms with Crippen LogP contribution < -0.4 is 0 Å². The third-order valence-electron chi connectivity index (χ3n) is 10.5. The van der Waals surface area contributed by atoms with E-state index in [9.17, 15) is 34.5 Å². The Hall–Kier alpha value is -3.32. The molecule has 0 radical (unpaired) electrons. The molecule has 1 saturated heterocycles. The molecule has 3 aliphatic carbocycles. The number of benzene rings is 1. The molecular formula is C33H42O12. The van der Waals surface area contributed by atoms with Crippen LogP contribution in [0, 0.1) is 16.7 Å². The zero-order valence-corrected chi connectivity index (χ0v) is 26.6. The van der Waals surface area contributed by atoms with Gasteiger partial charge in [0.25, 0.3) is 0 Å². The highest BCUT2D eigenvalue weighted by molar-refractivity contribution is 5.89. The van der Waals surface area contributed by atoms with E-state index in [1.165, 1.54) is 34.6 Å². The summed E-state index contributed by atoms with van der Waals surface area (Å²) < 4.78 is 30.3. The van der Waals surface area contributed by atoms with Crippen LogP contribution in [-0.2, 0) is 38.1 Å². The lowest BCUT2D eigenvalue weighted by atomic mass is 9.49. The summed E-state index contributed by atoms with van der Waals surface area (Å²) in [6.07, 6.45) is -7.94. The van der Waals surface area contributed by atoms with E-state index in [0.29, 0.717) is 5.57 Å². The Morgan fingerprint density at radius 1 is 0.933 bits per heavy atom. The summed E-state index contributed by atoms with van der Waals surface area (Å²) in [6.45, 7) is 9.66. The molecule has 0 bridgehead atoms. The summed E-state index contributed by atoms with van der Waals surface area (Å²) in [6, 6.07) is 8.10. The van der Waals surface area contributed by atoms with E-state index in [4.69, 9.17) is 23.7 Å². The van der Waals surface area contributed by atoms with Crippen molar-refractivity contribution in [1.29, 1.82) is 0 Å². The number of ether oxygens (including phenoxy) is 5. The molecule has 3 fully saturated rings. The SMILES string of the molecule is CC(=O)O[C@H]1C[C@H]2OC[C@@]2(OC(C)=O)[C@H]2[C@H](OC(C)=O)[C@]3(C(C)(C)O)C[C@H](O)C(C)=C3[C@@H](O)[C@H](OC(=O)c3ccccc3)[C@]12C. The van der Waals surface area contributed by atoms with Crippen molar-refractivity contribution in [3.63, 3.8) is 0 Å². The molecule has 1 aromatic carbocycles. The van der Waals surface area contributed by atoms with Crippen LogP contribution >= 0.6 is 0 Å². The summed E-state index contributed by atoms with van der Waals surface area (Å²) >= 11 is 0. The molecule has 12 nitrogen and oxygen atoms in total. The number of esters is 4. The second-order valence-corrected chi connectivity index (χ2v) is 13.5. The van der Waals surface area contributed by atoms with Crippen molar-refractivity contribution in [2.45, 2.75) is 109 Å². The topological polar surface area (TPSA) is 175 Å². The van der Waals surface area contributed by atoms with Gasteiger partial charge in [-0.2, -0.15) is 0 Å². The van der Waals surface area contributed by atoms with E-state index in [2.05, 4.69) is 0 Å². The Kier molecular flexibility index (Phi) is 8.21. The minimum absolute atomic E-state index is 0.00503. The number of fused-ring (bicyclic) bond motifs is 4. The van der Waals surface area contributed by atoms with Crippen LogP contribution in [0.1, 0.15) is 71.7 Å². The van der Waals surface area contributed by atoms with E-state index in [0.717, 1.165) is 0 Å². The van der Waals surface area contributed by atoms with Crippen LogP contribution in [0.25, 0.3) is 0 Å². The maximum Gasteiger partial charge on any atom is 0.338 e. The zero-order valence-electron chi connectivity index (χ0n) is 26.6. The van der Waals surface area contributed by atoms with Crippen LogP contribution in [0.5, 0.6) is 0 Å². The molecule has 2 saturated carbocycles. The first kappa shape index (κ1) is 33.1. The van der Waals surface area contributed by atoms with Gasteiger partial charge in [-0.15, -0.1) is 0 Å². The standard InChI is InChI=1S/C33H42O12/c1-16-21(37)14-32(30(5,6)40)24(16)25(38)27(44-29(39)20-11-9-8-10-12-20)31(7)22(42-17(2)34)13-23-33(15-41-23,45-19(4)36)26(31)28(32)43-18(3)35/h8-12,21-23,25-28,37-38,40H,13-15H2,1-7H3/t21-,22-,23+,25+,26-,27-,28-,31+,32-,33-/m0/s1. The Balaban J connectivity index is 1.88. The first-order chi connectivity index (χ1) is 20.9. The number of carbonyl (C=O) groups excluding carboxylic acids is 4. The van der Waals surface area contributed by atoms with Gasteiger partial charge in [-0.25, -0.2) is 4.79 Å². The summed E-state index contributed by atoms with van der Waals surface area (Å²) in [5, 5.41) is 35.9. The molecule has 12 heteroatoms. The summed E-state index contributed by atoms with van der Waals surface area (Å²) in [7, 11) is 0. The highest BCUT2D eigenvalue weighted by atomic mass is 16.6. The monoisotopic (exact) mass is 630 g/mol. The Labute approximate surface area is 261 Å². The summed E-state index contributed by atoms with van der Waals surface area (Å²) in [5.74, 6) is -4.08. The fourth-order valence-corrected chi connectivity index (χ4v) is 8.71. The van der Waals surface area contributed by atoms with Gasteiger partial charge in [-0.1, -0.05) is 25.1 Å². The summed E-state index contributed by atoms with van der Waals surface area (Å²) in [5.41, 5.74) is -6.00. The van der Waals surface area contributed by atoms with E-state index in [-0.39, 0.29) is 30.6 Å². The number of aliphatic hydroxyl groups is 3. The van der Waals surface area contributed by atoms with Crippen LogP contribution in [-0.4, -0.2) is 93.6 Å². The molecule has 10 atom stereocenters. The molecule has 4 aliphatic rings. The van der Waals surface area contributed by atoms with Gasteiger partial charge in [0.05, 0.1) is 40.6 Å². The van der Waals surface area contributed by atoms with Gasteiger partial charge >= 0.3 is 23.9 Å². The minimum Gasteiger partial charge on any atom is -0.462 e. The molecular weight excluding hydrogens is 588 g/mol. The predicted octanol–water partition coefficient (Wildman–Crippen LogP) is 2.02. The second-order valence-electron chi connectivity index (χ2n) is 13.5. The van der Waals surface area contributed by atoms with Crippen LogP contribution in [0.4, 0.5) is 0 Å². The first-order valence-electron chi connectivity index (χ1n) is 15.1. The predicted molar refractivity (Wildman–Crippen MR) is 155 cm³/mol. The van der Waals surface area contributed by atoms with Gasteiger partial charge in [0.1, 0.15) is 30.5 Å². The number of hydrogen-bond acceptors (Lipinski definition) is 12. The average Bonchev–Trinajstić information content (AvgIpc) is 3.18. The molecule has 1 aliphatic heterocycles. The van der Waals surface area contributed by atoms with E-state index >= 15 is 0 Å². The fourth-order valence-electron chi connectivity index (χ4n) is 8.71. The van der Waals surface area contributed by atoms with Gasteiger partial charge < -0.3 is 39.0 Å². The van der Waals surface area contributed by atoms with E-state index < -0.39 is 88.5 Å². The molecule has 1 heterocycles. The lowest BCUT2D eigenvalue weighted by molar-refractivity contribution is -0.352. The van der Waals surface area contributed by atoms with Crippen molar-refractivity contribution in [2.24, 2.45) is 16.7 Å². The van der Waals surface area contributed by atoms with Crippen molar-refractivity contribution < 1.29 is 58.2 Å². The van der Waals surface area contributed by atoms with Crippen molar-refractivity contribution in [1.82, 2.24) is 0 Å². The van der Waals surface area contributed by atoms with Crippen LogP contribution in [0.3, 0.4) is 0 Å². The van der Waals surface area contributed by atoms with E-state index in [1.54, 1.807) is 44.2 Å². The molecule has 246 valence electrons. The molecule has 0 aromatic heterocycles. The molecule has 0 spiro atoms. The Morgan fingerprint density at radius 2 is 1.56 bits per heavy atom. The molecule has 5 rings (SSSR count). The van der Waals surface area contributed by atoms with Crippen molar-refractivity contribution >= 4 is 23.9 Å². The zero-order chi connectivity index (χ0) is 33.3. The maximum atomic E-state index is 13.8. The third kappa shape index (κ3) is 4.88. The van der Waals surface area contributed by atoms with Gasteiger partial charge in [0.15, 0.2) is 5.60 Å². The highest BCUT2D eigenvalue weighted by Crippen LogP contribution is 2.68. The van der Waals surface area contributed by atoms with Crippen molar-refractivity contribution in [2.75, 3.05) is 6.61 Å². The highest BCUT2D eigenvalue weighted by Gasteiger charge is 2.80. The summed E-state index contributed by atoms with van der Waals surface area (Å²) in [4.78, 5) is 52.1. The van der Waals surface area contributed by atoms with Crippen molar-refractivity contribution in [3.8, 4) is 0 Å². The molecule has 3 N–H and O–H groups in total. The van der Waals surface area contributed by atoms with Gasteiger partial charge in [0, 0.05) is 27.2 Å². The quantitative estimate of drug-likeness (QED) is 0.237. The number of rotatable bonds is 6. The van der Waals surface area contributed by atoms with Gasteiger partial charge in [-0.3, -0.25) is 14.4 Å². The smallest absolute Gasteiger partial charge is 0.338 e. The normalized spacial score (nSPS) is 38.8. The minimum atomic E-state index is -1.78. The molecule has 1 aromatic rings. The Morgan fingerprint density at radius 3 is 2.07 bits per heavy atom. The Bertz CT molecular complexity index is 1410. The second kappa shape index (κ2) is 11.2. The number of carbonyl (C=O) groups is 4. The molecule has 0 unspecified atom stereocenters. The van der Waals surface area contributed by atoms with Gasteiger partial charge in [-0.05, 0) is 50.5 Å². The largest absolute Gasteiger partial charge is 0.462 e. The third-order valence-corrected chi connectivity index (χ3v) is 10.5. The van der Waals surface area contributed by atoms with Crippen LogP contribution in [0.2, 0.25) is 0 Å². The number of hydrogen-bond donors (Lipinski definition) is 3. The lowest BCUT2D eigenvalue weighted by Crippen LogP contribution is -2.79. The van der Waals surface area contributed by atoms with Gasteiger partial charge in [0.2, 0.25) is 0 Å². The van der Waals surface area contributed by atoms with Crippen LogP contribution in [0.15, 0.2) is 41.5 Å². The lowest BCUT2D eigenvalue weighted by Gasteiger charge is -2.65. The molecule has 0 amide bonds. The average molecular weight is 631 g/mol. The van der Waals surface area contributed by atoms with Crippen molar-refractivity contribution in [3.05, 3.63) is 47.0 Å². The molecule has 45 heavy (non-hydrogen) atoms. The fraction of sp³-hybridized carbons (Fsp3) is 0.636. The first-order valence-corrected chi connectivity index (χ1v) is 15.1.